The van der Waals surface area contributed by atoms with Crippen LogP contribution in [0.5, 0.6) is 5.75 Å². The van der Waals surface area contributed by atoms with Crippen molar-refractivity contribution >= 4 is 11.0 Å². The topological polar surface area (TPSA) is 27.1 Å². The number of ether oxygens (including phenoxy) is 1. The molecule has 0 saturated carbocycles. The maximum atomic E-state index is 5.18. The quantitative estimate of drug-likeness (QED) is 0.725. The van der Waals surface area contributed by atoms with Crippen LogP contribution < -0.4 is 4.74 Å². The Bertz CT molecular complexity index is 742. The van der Waals surface area contributed by atoms with Crippen molar-refractivity contribution < 1.29 is 4.74 Å². The number of aryl methyl sites for hydroxylation is 2. The maximum Gasteiger partial charge on any atom is 0.118 e. The first-order valence-electron chi connectivity index (χ1n) is 6.72. The zero-order valence-electron chi connectivity index (χ0n) is 12.1. The van der Waals surface area contributed by atoms with E-state index in [1.165, 1.54) is 16.6 Å². The smallest absolute Gasteiger partial charge is 0.118 e. The monoisotopic (exact) mass is 266 g/mol. The van der Waals surface area contributed by atoms with Crippen molar-refractivity contribution in [2.45, 2.75) is 13.3 Å². The third-order valence-electron chi connectivity index (χ3n) is 3.65. The van der Waals surface area contributed by atoms with Gasteiger partial charge in [-0.15, -0.1) is 0 Å². The molecule has 0 fully saturated rings. The minimum atomic E-state index is 0.828. The third-order valence-corrected chi connectivity index (χ3v) is 3.65. The molecule has 0 N–H and O–H groups in total. The molecule has 2 aromatic carbocycles. The van der Waals surface area contributed by atoms with E-state index < -0.39 is 0 Å². The Morgan fingerprint density at radius 3 is 2.55 bits per heavy atom. The molecule has 0 aliphatic rings. The number of imidazole rings is 1. The SMILES string of the molecule is COc1ccc(Cc2nc3cc(C)ccc3n2C)cc1. The predicted octanol–water partition coefficient (Wildman–Crippen LogP) is 3.48. The van der Waals surface area contributed by atoms with Gasteiger partial charge in [0.05, 0.1) is 18.1 Å². The van der Waals surface area contributed by atoms with Crippen molar-refractivity contribution in [1.29, 1.82) is 0 Å². The summed E-state index contributed by atoms with van der Waals surface area (Å²) >= 11 is 0. The van der Waals surface area contributed by atoms with Crippen molar-refractivity contribution in [2.24, 2.45) is 7.05 Å². The van der Waals surface area contributed by atoms with Gasteiger partial charge in [0.15, 0.2) is 0 Å². The van der Waals surface area contributed by atoms with Gasteiger partial charge in [0.25, 0.3) is 0 Å². The predicted molar refractivity (Wildman–Crippen MR) is 81.3 cm³/mol. The zero-order chi connectivity index (χ0) is 14.1. The molecule has 1 heterocycles. The van der Waals surface area contributed by atoms with Crippen molar-refractivity contribution in [3.05, 3.63) is 59.4 Å². The van der Waals surface area contributed by atoms with Gasteiger partial charge in [0, 0.05) is 13.5 Å². The summed E-state index contributed by atoms with van der Waals surface area (Å²) in [4.78, 5) is 4.74. The molecular formula is C17H18N2O. The molecule has 3 aromatic rings. The maximum absolute atomic E-state index is 5.18. The summed E-state index contributed by atoms with van der Waals surface area (Å²) in [6.07, 6.45) is 0.828. The van der Waals surface area contributed by atoms with E-state index in [-0.39, 0.29) is 0 Å². The first kappa shape index (κ1) is 12.7. The van der Waals surface area contributed by atoms with Crippen molar-refractivity contribution in [3.8, 4) is 5.75 Å². The fourth-order valence-electron chi connectivity index (χ4n) is 2.44. The van der Waals surface area contributed by atoms with Crippen LogP contribution in [-0.2, 0) is 13.5 Å². The normalized spacial score (nSPS) is 10.9. The number of aromatic nitrogens is 2. The molecule has 3 nitrogen and oxygen atoms in total. The average Bonchev–Trinajstić information content (AvgIpc) is 2.75. The number of fused-ring (bicyclic) bond motifs is 1. The number of benzene rings is 2. The van der Waals surface area contributed by atoms with E-state index in [2.05, 4.69) is 48.9 Å². The standard InChI is InChI=1S/C17H18N2O/c1-12-4-9-16-15(10-12)18-17(19(16)2)11-13-5-7-14(20-3)8-6-13/h4-10H,11H2,1-3H3. The molecule has 0 saturated heterocycles. The Kier molecular flexibility index (Phi) is 3.18. The number of hydrogen-bond acceptors (Lipinski definition) is 2. The van der Waals surface area contributed by atoms with Gasteiger partial charge in [-0.2, -0.15) is 0 Å². The summed E-state index contributed by atoms with van der Waals surface area (Å²) < 4.78 is 7.35. The fourth-order valence-corrected chi connectivity index (χ4v) is 2.44. The minimum absolute atomic E-state index is 0.828. The van der Waals surface area contributed by atoms with Gasteiger partial charge in [0.1, 0.15) is 11.6 Å². The highest BCUT2D eigenvalue weighted by Crippen LogP contribution is 2.19. The largest absolute Gasteiger partial charge is 0.497 e. The molecule has 0 aliphatic carbocycles. The fraction of sp³-hybridized carbons (Fsp3) is 0.235. The second-order valence-electron chi connectivity index (χ2n) is 5.10. The van der Waals surface area contributed by atoms with Crippen molar-refractivity contribution in [1.82, 2.24) is 9.55 Å². The van der Waals surface area contributed by atoms with Gasteiger partial charge < -0.3 is 9.30 Å². The molecule has 1 aromatic heterocycles. The van der Waals surface area contributed by atoms with E-state index in [1.807, 2.05) is 12.1 Å². The minimum Gasteiger partial charge on any atom is -0.497 e. The van der Waals surface area contributed by atoms with E-state index in [4.69, 9.17) is 9.72 Å². The molecule has 0 radical (unpaired) electrons. The van der Waals surface area contributed by atoms with Crippen molar-refractivity contribution in [3.63, 3.8) is 0 Å². The van der Waals surface area contributed by atoms with Crippen LogP contribution in [0.3, 0.4) is 0 Å². The van der Waals surface area contributed by atoms with Crippen LogP contribution in [0.1, 0.15) is 17.0 Å². The average molecular weight is 266 g/mol. The Balaban J connectivity index is 1.95. The number of rotatable bonds is 3. The molecule has 102 valence electrons. The molecule has 20 heavy (non-hydrogen) atoms. The Labute approximate surface area is 118 Å². The van der Waals surface area contributed by atoms with Crippen LogP contribution in [0.2, 0.25) is 0 Å². The molecule has 0 bridgehead atoms. The molecule has 0 spiro atoms. The number of hydrogen-bond donors (Lipinski definition) is 0. The number of methoxy groups -OCH3 is 1. The lowest BCUT2D eigenvalue weighted by Crippen LogP contribution is -1.99. The molecule has 3 heteroatoms. The highest BCUT2D eigenvalue weighted by molar-refractivity contribution is 5.76. The Morgan fingerprint density at radius 1 is 1.10 bits per heavy atom. The third kappa shape index (κ3) is 2.27. The zero-order valence-corrected chi connectivity index (χ0v) is 12.1. The van der Waals surface area contributed by atoms with Crippen molar-refractivity contribution in [2.75, 3.05) is 7.11 Å². The van der Waals surface area contributed by atoms with Crippen LogP contribution >= 0.6 is 0 Å². The van der Waals surface area contributed by atoms with E-state index in [9.17, 15) is 0 Å². The van der Waals surface area contributed by atoms with Crippen LogP contribution in [0.15, 0.2) is 42.5 Å². The summed E-state index contributed by atoms with van der Waals surface area (Å²) in [5.41, 5.74) is 4.72. The molecule has 0 amide bonds. The highest BCUT2D eigenvalue weighted by atomic mass is 16.5. The summed E-state index contributed by atoms with van der Waals surface area (Å²) in [5, 5.41) is 0. The summed E-state index contributed by atoms with van der Waals surface area (Å²) in [6, 6.07) is 14.5. The second-order valence-corrected chi connectivity index (χ2v) is 5.10. The van der Waals surface area contributed by atoms with E-state index in [1.54, 1.807) is 7.11 Å². The van der Waals surface area contributed by atoms with Crippen LogP contribution in [-0.4, -0.2) is 16.7 Å². The van der Waals surface area contributed by atoms with E-state index in [0.29, 0.717) is 0 Å². The van der Waals surface area contributed by atoms with E-state index >= 15 is 0 Å². The lowest BCUT2D eigenvalue weighted by molar-refractivity contribution is 0.414. The molecule has 0 atom stereocenters. The number of nitrogens with zero attached hydrogens (tertiary/aromatic N) is 2. The molecular weight excluding hydrogens is 248 g/mol. The molecule has 3 rings (SSSR count). The van der Waals surface area contributed by atoms with Crippen LogP contribution in [0, 0.1) is 6.92 Å². The molecule has 0 aliphatic heterocycles. The summed E-state index contributed by atoms with van der Waals surface area (Å²) in [6.45, 7) is 2.09. The van der Waals surface area contributed by atoms with Gasteiger partial charge in [-0.3, -0.25) is 0 Å². The summed E-state index contributed by atoms with van der Waals surface area (Å²) in [5.74, 6) is 1.96. The Hall–Kier alpha value is -2.29. The van der Waals surface area contributed by atoms with Gasteiger partial charge >= 0.3 is 0 Å². The first-order chi connectivity index (χ1) is 9.67. The van der Waals surface area contributed by atoms with Gasteiger partial charge in [0.2, 0.25) is 0 Å². The van der Waals surface area contributed by atoms with Gasteiger partial charge in [-0.25, -0.2) is 4.98 Å². The highest BCUT2D eigenvalue weighted by Gasteiger charge is 2.08. The molecule has 0 unspecified atom stereocenters. The van der Waals surface area contributed by atoms with Gasteiger partial charge in [-0.1, -0.05) is 18.2 Å². The van der Waals surface area contributed by atoms with Gasteiger partial charge in [-0.05, 0) is 42.3 Å². The first-order valence-corrected chi connectivity index (χ1v) is 6.72. The second kappa shape index (κ2) is 5.00. The van der Waals surface area contributed by atoms with Crippen LogP contribution in [0.4, 0.5) is 0 Å². The van der Waals surface area contributed by atoms with Crippen LogP contribution in [0.25, 0.3) is 11.0 Å². The van der Waals surface area contributed by atoms with E-state index in [0.717, 1.165) is 23.5 Å². The lowest BCUT2D eigenvalue weighted by atomic mass is 10.1. The lowest BCUT2D eigenvalue weighted by Gasteiger charge is -2.04. The summed E-state index contributed by atoms with van der Waals surface area (Å²) in [7, 11) is 3.76. The Morgan fingerprint density at radius 2 is 1.85 bits per heavy atom.